The zero-order chi connectivity index (χ0) is 14.6. The SMILES string of the molecule is CCCN=C(NCC)NCCC(OCC)C1CCCC1. The molecule has 1 atom stereocenters. The zero-order valence-electron chi connectivity index (χ0n) is 13.6. The molecule has 0 aliphatic heterocycles. The van der Waals surface area contributed by atoms with E-state index in [2.05, 4.69) is 36.4 Å². The Hall–Kier alpha value is -0.770. The molecule has 0 spiro atoms. The Morgan fingerprint density at radius 2 is 1.95 bits per heavy atom. The first-order valence-electron chi connectivity index (χ1n) is 8.45. The number of ether oxygens (including phenoxy) is 1. The highest BCUT2D eigenvalue weighted by molar-refractivity contribution is 5.79. The molecule has 0 aromatic rings. The molecule has 4 heteroatoms. The second-order valence-electron chi connectivity index (χ2n) is 5.51. The van der Waals surface area contributed by atoms with Crippen LogP contribution >= 0.6 is 0 Å². The molecule has 0 bridgehead atoms. The van der Waals surface area contributed by atoms with Gasteiger partial charge in [-0.1, -0.05) is 19.8 Å². The average molecular weight is 283 g/mol. The van der Waals surface area contributed by atoms with Gasteiger partial charge < -0.3 is 15.4 Å². The van der Waals surface area contributed by atoms with E-state index >= 15 is 0 Å². The van der Waals surface area contributed by atoms with E-state index in [0.717, 1.165) is 51.0 Å². The van der Waals surface area contributed by atoms with E-state index < -0.39 is 0 Å². The first kappa shape index (κ1) is 17.3. The van der Waals surface area contributed by atoms with Gasteiger partial charge in [-0.3, -0.25) is 4.99 Å². The number of hydrogen-bond donors (Lipinski definition) is 2. The molecule has 2 N–H and O–H groups in total. The number of rotatable bonds is 9. The summed E-state index contributed by atoms with van der Waals surface area (Å²) in [5.41, 5.74) is 0. The molecule has 4 nitrogen and oxygen atoms in total. The summed E-state index contributed by atoms with van der Waals surface area (Å²) in [6, 6.07) is 0. The van der Waals surface area contributed by atoms with E-state index in [9.17, 15) is 0 Å². The zero-order valence-corrected chi connectivity index (χ0v) is 13.6. The molecule has 1 aliphatic rings. The van der Waals surface area contributed by atoms with Crippen molar-refractivity contribution >= 4 is 5.96 Å². The Bertz CT molecular complexity index is 262. The van der Waals surface area contributed by atoms with Gasteiger partial charge in [-0.25, -0.2) is 0 Å². The Morgan fingerprint density at radius 3 is 2.55 bits per heavy atom. The molecule has 118 valence electrons. The molecule has 0 aromatic heterocycles. The van der Waals surface area contributed by atoms with E-state index in [0.29, 0.717) is 6.10 Å². The summed E-state index contributed by atoms with van der Waals surface area (Å²) in [6.45, 7) is 9.91. The van der Waals surface area contributed by atoms with Crippen LogP contribution in [-0.4, -0.2) is 38.3 Å². The molecule has 0 heterocycles. The Labute approximate surface area is 124 Å². The predicted molar refractivity (Wildman–Crippen MR) is 86.3 cm³/mol. The number of hydrogen-bond acceptors (Lipinski definition) is 2. The van der Waals surface area contributed by atoms with Crippen LogP contribution in [-0.2, 0) is 4.74 Å². The van der Waals surface area contributed by atoms with Crippen LogP contribution in [0.3, 0.4) is 0 Å². The molecule has 0 aromatic carbocycles. The van der Waals surface area contributed by atoms with Crippen molar-refractivity contribution in [2.75, 3.05) is 26.2 Å². The number of nitrogens with zero attached hydrogens (tertiary/aromatic N) is 1. The van der Waals surface area contributed by atoms with Gasteiger partial charge >= 0.3 is 0 Å². The van der Waals surface area contributed by atoms with Gasteiger partial charge in [-0.15, -0.1) is 0 Å². The smallest absolute Gasteiger partial charge is 0.191 e. The maximum atomic E-state index is 5.95. The summed E-state index contributed by atoms with van der Waals surface area (Å²) in [5, 5.41) is 6.72. The Morgan fingerprint density at radius 1 is 1.20 bits per heavy atom. The van der Waals surface area contributed by atoms with Crippen molar-refractivity contribution < 1.29 is 4.74 Å². The predicted octanol–water partition coefficient (Wildman–Crippen LogP) is 2.94. The molecule has 1 saturated carbocycles. The number of nitrogens with one attached hydrogen (secondary N) is 2. The lowest BCUT2D eigenvalue weighted by Crippen LogP contribution is -2.39. The van der Waals surface area contributed by atoms with Crippen LogP contribution in [0, 0.1) is 5.92 Å². The summed E-state index contributed by atoms with van der Waals surface area (Å²) < 4.78 is 5.95. The van der Waals surface area contributed by atoms with Gasteiger partial charge in [0.1, 0.15) is 0 Å². The van der Waals surface area contributed by atoms with Crippen LogP contribution in [0.5, 0.6) is 0 Å². The van der Waals surface area contributed by atoms with E-state index in [-0.39, 0.29) is 0 Å². The maximum absolute atomic E-state index is 5.95. The molecule has 20 heavy (non-hydrogen) atoms. The third-order valence-corrected chi connectivity index (χ3v) is 3.87. The van der Waals surface area contributed by atoms with Gasteiger partial charge in [0.25, 0.3) is 0 Å². The molecule has 0 saturated heterocycles. The molecule has 0 radical (unpaired) electrons. The lowest BCUT2D eigenvalue weighted by molar-refractivity contribution is 0.0169. The van der Waals surface area contributed by atoms with Gasteiger partial charge in [0.2, 0.25) is 0 Å². The monoisotopic (exact) mass is 283 g/mol. The molecular weight excluding hydrogens is 250 g/mol. The van der Waals surface area contributed by atoms with Gasteiger partial charge in [0.15, 0.2) is 5.96 Å². The van der Waals surface area contributed by atoms with Gasteiger partial charge in [-0.05, 0) is 45.4 Å². The minimum absolute atomic E-state index is 0.420. The number of aliphatic imine (C=N–C) groups is 1. The van der Waals surface area contributed by atoms with Crippen molar-refractivity contribution in [1.29, 1.82) is 0 Å². The van der Waals surface area contributed by atoms with Crippen molar-refractivity contribution in [2.45, 2.75) is 65.4 Å². The third-order valence-electron chi connectivity index (χ3n) is 3.87. The highest BCUT2D eigenvalue weighted by atomic mass is 16.5. The van der Waals surface area contributed by atoms with E-state index in [4.69, 9.17) is 4.74 Å². The maximum Gasteiger partial charge on any atom is 0.191 e. The quantitative estimate of drug-likeness (QED) is 0.505. The third kappa shape index (κ3) is 6.60. The first-order chi connectivity index (χ1) is 9.81. The van der Waals surface area contributed by atoms with Crippen LogP contribution in [0.4, 0.5) is 0 Å². The minimum atomic E-state index is 0.420. The largest absolute Gasteiger partial charge is 0.378 e. The first-order valence-corrected chi connectivity index (χ1v) is 8.45. The lowest BCUT2D eigenvalue weighted by Gasteiger charge is -2.24. The summed E-state index contributed by atoms with van der Waals surface area (Å²) in [7, 11) is 0. The summed E-state index contributed by atoms with van der Waals surface area (Å²) in [6.07, 6.45) is 8.02. The van der Waals surface area contributed by atoms with Crippen LogP contribution in [0.15, 0.2) is 4.99 Å². The van der Waals surface area contributed by atoms with Crippen molar-refractivity contribution in [3.05, 3.63) is 0 Å². The van der Waals surface area contributed by atoms with E-state index in [1.807, 2.05) is 0 Å². The van der Waals surface area contributed by atoms with E-state index in [1.54, 1.807) is 0 Å². The van der Waals surface area contributed by atoms with Gasteiger partial charge in [0.05, 0.1) is 6.10 Å². The normalized spacial score (nSPS) is 18.2. The van der Waals surface area contributed by atoms with Crippen molar-refractivity contribution in [1.82, 2.24) is 10.6 Å². The van der Waals surface area contributed by atoms with Crippen LogP contribution in [0.25, 0.3) is 0 Å². The highest BCUT2D eigenvalue weighted by Gasteiger charge is 2.24. The Balaban J connectivity index is 2.33. The van der Waals surface area contributed by atoms with Crippen LogP contribution in [0.1, 0.15) is 59.3 Å². The molecule has 1 rings (SSSR count). The fourth-order valence-electron chi connectivity index (χ4n) is 2.90. The second kappa shape index (κ2) is 11.0. The topological polar surface area (TPSA) is 45.7 Å². The molecule has 1 unspecified atom stereocenters. The summed E-state index contributed by atoms with van der Waals surface area (Å²) in [4.78, 5) is 4.53. The Kier molecular flexibility index (Phi) is 9.46. The number of guanidine groups is 1. The van der Waals surface area contributed by atoms with Gasteiger partial charge in [0, 0.05) is 26.2 Å². The molecular formula is C16H33N3O. The second-order valence-corrected chi connectivity index (χ2v) is 5.51. The van der Waals surface area contributed by atoms with Crippen molar-refractivity contribution in [2.24, 2.45) is 10.9 Å². The van der Waals surface area contributed by atoms with Crippen molar-refractivity contribution in [3.8, 4) is 0 Å². The highest BCUT2D eigenvalue weighted by Crippen LogP contribution is 2.30. The van der Waals surface area contributed by atoms with Gasteiger partial charge in [-0.2, -0.15) is 0 Å². The molecule has 1 aliphatic carbocycles. The van der Waals surface area contributed by atoms with Crippen molar-refractivity contribution in [3.63, 3.8) is 0 Å². The van der Waals surface area contributed by atoms with Crippen LogP contribution in [0.2, 0.25) is 0 Å². The van der Waals surface area contributed by atoms with E-state index in [1.165, 1.54) is 25.7 Å². The fraction of sp³-hybridized carbons (Fsp3) is 0.938. The summed E-state index contributed by atoms with van der Waals surface area (Å²) >= 11 is 0. The lowest BCUT2D eigenvalue weighted by atomic mass is 9.98. The molecule has 1 fully saturated rings. The molecule has 0 amide bonds. The van der Waals surface area contributed by atoms with Crippen LogP contribution < -0.4 is 10.6 Å². The average Bonchev–Trinajstić information content (AvgIpc) is 2.97. The fourth-order valence-corrected chi connectivity index (χ4v) is 2.90. The standard InChI is InChI=1S/C16H33N3O/c1-4-12-18-16(17-5-2)19-13-11-15(20-6-3)14-9-7-8-10-14/h14-15H,4-13H2,1-3H3,(H2,17,18,19). The minimum Gasteiger partial charge on any atom is -0.378 e. The summed E-state index contributed by atoms with van der Waals surface area (Å²) in [5.74, 6) is 1.71.